The van der Waals surface area contributed by atoms with Gasteiger partial charge in [0.2, 0.25) is 0 Å². The van der Waals surface area contributed by atoms with Crippen LogP contribution in [0.1, 0.15) is 46.0 Å². The van der Waals surface area contributed by atoms with Crippen LogP contribution in [0.5, 0.6) is 5.75 Å². The molecule has 0 heterocycles. The lowest BCUT2D eigenvalue weighted by Gasteiger charge is -2.34. The number of likely N-dealkylation sites (N-methyl/N-ethyl adjacent to an activating group) is 2. The number of hydrogen-bond acceptors (Lipinski definition) is 3. The van der Waals surface area contributed by atoms with Crippen LogP contribution in [0, 0.1) is 0 Å². The lowest BCUT2D eigenvalue weighted by molar-refractivity contribution is -0.882. The number of benzene rings is 1. The number of amides is 2. The van der Waals surface area contributed by atoms with Crippen LogP contribution in [0.4, 0.5) is 5.69 Å². The molecule has 150 valence electrons. The Bertz CT molecular complexity index is 614. The van der Waals surface area contributed by atoms with E-state index in [0.717, 1.165) is 30.8 Å². The van der Waals surface area contributed by atoms with E-state index >= 15 is 0 Å². The number of ether oxygens (including phenoxy) is 1. The van der Waals surface area contributed by atoms with Crippen LogP contribution in [-0.2, 0) is 9.59 Å². The topological polar surface area (TPSA) is 63.1 Å². The van der Waals surface area contributed by atoms with Crippen LogP contribution in [-0.4, -0.2) is 56.0 Å². The monoisotopic (exact) mass is 376 g/mol. The van der Waals surface area contributed by atoms with Gasteiger partial charge in [-0.05, 0) is 38.8 Å². The Morgan fingerprint density at radius 2 is 1.85 bits per heavy atom. The first-order valence-corrected chi connectivity index (χ1v) is 10.1. The molecule has 1 aliphatic carbocycles. The number of rotatable bonds is 9. The fourth-order valence-corrected chi connectivity index (χ4v) is 3.83. The van der Waals surface area contributed by atoms with Gasteiger partial charge in [0.25, 0.3) is 11.8 Å². The summed E-state index contributed by atoms with van der Waals surface area (Å²) in [7, 11) is 1.58. The molecule has 1 saturated carbocycles. The van der Waals surface area contributed by atoms with Crippen molar-refractivity contribution < 1.29 is 19.2 Å². The summed E-state index contributed by atoms with van der Waals surface area (Å²) in [5.41, 5.74) is 0.657. The summed E-state index contributed by atoms with van der Waals surface area (Å²) < 4.78 is 5.27. The Morgan fingerprint density at radius 1 is 1.15 bits per heavy atom. The molecule has 0 saturated heterocycles. The van der Waals surface area contributed by atoms with Gasteiger partial charge in [0, 0.05) is 12.6 Å². The summed E-state index contributed by atoms with van der Waals surface area (Å²) in [5, 5.41) is 2.90. The zero-order chi connectivity index (χ0) is 19.6. The maximum Gasteiger partial charge on any atom is 0.279 e. The van der Waals surface area contributed by atoms with E-state index < -0.39 is 0 Å². The number of nitrogens with zero attached hydrogens (tertiary/aromatic N) is 1. The predicted molar refractivity (Wildman–Crippen MR) is 107 cm³/mol. The van der Waals surface area contributed by atoms with Crippen molar-refractivity contribution in [1.82, 2.24) is 4.90 Å². The third kappa shape index (κ3) is 6.24. The van der Waals surface area contributed by atoms with E-state index in [0.29, 0.717) is 24.0 Å². The molecule has 2 amide bonds. The van der Waals surface area contributed by atoms with Gasteiger partial charge in [-0.25, -0.2) is 0 Å². The third-order valence-electron chi connectivity index (χ3n) is 5.37. The average molecular weight is 377 g/mol. The molecule has 2 rings (SSSR count). The Labute approximate surface area is 162 Å². The molecule has 27 heavy (non-hydrogen) atoms. The lowest BCUT2D eigenvalue weighted by atomic mass is 9.94. The van der Waals surface area contributed by atoms with Gasteiger partial charge in [0.1, 0.15) is 5.75 Å². The first-order chi connectivity index (χ1) is 13.1. The summed E-state index contributed by atoms with van der Waals surface area (Å²) in [6.07, 6.45) is 5.91. The number of carbonyl (C=O) groups is 2. The molecule has 6 heteroatoms. The smallest absolute Gasteiger partial charge is 0.279 e. The predicted octanol–water partition coefficient (Wildman–Crippen LogP) is 1.72. The Balaban J connectivity index is 1.91. The molecule has 0 radical (unpaired) electrons. The lowest BCUT2D eigenvalue weighted by Crippen LogP contribution is -3.14. The van der Waals surface area contributed by atoms with Crippen LogP contribution in [0.15, 0.2) is 24.3 Å². The number of carbonyl (C=O) groups excluding carboxylic acids is 2. The van der Waals surface area contributed by atoms with Crippen LogP contribution in [0.25, 0.3) is 0 Å². The van der Waals surface area contributed by atoms with Crippen molar-refractivity contribution in [3.05, 3.63) is 24.3 Å². The number of nitrogens with one attached hydrogen (secondary N) is 2. The minimum absolute atomic E-state index is 0.107. The molecule has 1 fully saturated rings. The molecular formula is C21H34N3O3+. The average Bonchev–Trinajstić information content (AvgIpc) is 2.69. The number of quaternary nitrogens is 1. The minimum Gasteiger partial charge on any atom is -0.495 e. The van der Waals surface area contributed by atoms with Crippen molar-refractivity contribution in [2.24, 2.45) is 0 Å². The van der Waals surface area contributed by atoms with E-state index in [1.165, 1.54) is 19.3 Å². The maximum atomic E-state index is 12.8. The van der Waals surface area contributed by atoms with Gasteiger partial charge in [-0.1, -0.05) is 31.4 Å². The molecule has 1 unspecified atom stereocenters. The number of hydrogen-bond donors (Lipinski definition) is 2. The van der Waals surface area contributed by atoms with Crippen molar-refractivity contribution in [3.8, 4) is 5.75 Å². The molecule has 1 aromatic carbocycles. The highest BCUT2D eigenvalue weighted by molar-refractivity contribution is 5.93. The van der Waals surface area contributed by atoms with Gasteiger partial charge in [-0.2, -0.15) is 0 Å². The fraction of sp³-hybridized carbons (Fsp3) is 0.619. The van der Waals surface area contributed by atoms with Gasteiger partial charge in [-0.3, -0.25) is 9.59 Å². The van der Waals surface area contributed by atoms with Crippen molar-refractivity contribution >= 4 is 17.5 Å². The third-order valence-corrected chi connectivity index (χ3v) is 5.37. The fourth-order valence-electron chi connectivity index (χ4n) is 3.83. The summed E-state index contributed by atoms with van der Waals surface area (Å²) in [5.74, 6) is 0.686. The Kier molecular flexibility index (Phi) is 8.58. The zero-order valence-electron chi connectivity index (χ0n) is 16.9. The quantitative estimate of drug-likeness (QED) is 0.690. The van der Waals surface area contributed by atoms with Crippen LogP contribution in [0.2, 0.25) is 0 Å². The molecule has 0 spiro atoms. The van der Waals surface area contributed by atoms with E-state index in [2.05, 4.69) is 5.32 Å². The second-order valence-corrected chi connectivity index (χ2v) is 7.18. The number of para-hydroxylation sites is 2. The van der Waals surface area contributed by atoms with Gasteiger partial charge >= 0.3 is 0 Å². The summed E-state index contributed by atoms with van der Waals surface area (Å²) in [6, 6.07) is 7.72. The minimum atomic E-state index is -0.107. The van der Waals surface area contributed by atoms with E-state index in [4.69, 9.17) is 4.74 Å². The van der Waals surface area contributed by atoms with Crippen molar-refractivity contribution in [2.75, 3.05) is 38.6 Å². The largest absolute Gasteiger partial charge is 0.495 e. The molecular weight excluding hydrogens is 342 g/mol. The van der Waals surface area contributed by atoms with E-state index in [9.17, 15) is 9.59 Å². The maximum absolute atomic E-state index is 12.8. The molecule has 1 aromatic rings. The summed E-state index contributed by atoms with van der Waals surface area (Å²) in [4.78, 5) is 28.3. The first kappa shape index (κ1) is 21.2. The molecule has 1 atom stereocenters. The van der Waals surface area contributed by atoms with Crippen LogP contribution in [0.3, 0.4) is 0 Å². The molecule has 0 bridgehead atoms. The molecule has 0 aromatic heterocycles. The summed E-state index contributed by atoms with van der Waals surface area (Å²) >= 11 is 0. The first-order valence-electron chi connectivity index (χ1n) is 10.1. The van der Waals surface area contributed by atoms with Gasteiger partial charge in [0.15, 0.2) is 13.1 Å². The van der Waals surface area contributed by atoms with Crippen molar-refractivity contribution in [2.45, 2.75) is 52.0 Å². The highest BCUT2D eigenvalue weighted by Gasteiger charge is 2.27. The number of anilines is 1. The van der Waals surface area contributed by atoms with E-state index in [1.807, 2.05) is 43.0 Å². The number of methoxy groups -OCH3 is 1. The summed E-state index contributed by atoms with van der Waals surface area (Å²) in [6.45, 7) is 6.16. The van der Waals surface area contributed by atoms with Gasteiger partial charge in [0.05, 0.1) is 19.3 Å². The second kappa shape index (κ2) is 10.9. The van der Waals surface area contributed by atoms with Crippen LogP contribution < -0.4 is 15.0 Å². The highest BCUT2D eigenvalue weighted by atomic mass is 16.5. The van der Waals surface area contributed by atoms with E-state index in [1.54, 1.807) is 7.11 Å². The van der Waals surface area contributed by atoms with E-state index in [-0.39, 0.29) is 18.4 Å². The SMILES string of the molecule is CCN(C(=O)C[NH+](CC)CC(=O)Nc1ccccc1OC)C1CCCCC1. The second-order valence-electron chi connectivity index (χ2n) is 7.18. The molecule has 6 nitrogen and oxygen atoms in total. The van der Waals surface area contributed by atoms with Crippen molar-refractivity contribution in [3.63, 3.8) is 0 Å². The Morgan fingerprint density at radius 3 is 2.48 bits per heavy atom. The normalized spacial score (nSPS) is 15.8. The molecule has 1 aliphatic rings. The van der Waals surface area contributed by atoms with Gasteiger partial charge < -0.3 is 19.9 Å². The zero-order valence-corrected chi connectivity index (χ0v) is 16.9. The molecule has 0 aliphatic heterocycles. The standard InChI is InChI=1S/C21H33N3O3/c1-4-23(15-20(25)22-18-13-9-10-14-19(18)27-3)16-21(26)24(5-2)17-11-7-6-8-12-17/h9-10,13-14,17H,4-8,11-12,15-16H2,1-3H3,(H,22,25)/p+1. The molecule has 2 N–H and O–H groups in total. The Hall–Kier alpha value is -2.08. The van der Waals surface area contributed by atoms with Gasteiger partial charge in [-0.15, -0.1) is 0 Å². The van der Waals surface area contributed by atoms with Crippen molar-refractivity contribution in [1.29, 1.82) is 0 Å². The highest BCUT2D eigenvalue weighted by Crippen LogP contribution is 2.23. The van der Waals surface area contributed by atoms with Crippen LogP contribution >= 0.6 is 0 Å².